The first-order chi connectivity index (χ1) is 9.09. The van der Waals surface area contributed by atoms with Crippen molar-refractivity contribution < 1.29 is 0 Å². The van der Waals surface area contributed by atoms with Crippen molar-refractivity contribution in [1.82, 2.24) is 0 Å². The molecule has 2 atom stereocenters. The smallest absolute Gasteiger partial charge is 0.0115 e. The molecule has 0 N–H and O–H groups in total. The standard InChI is InChI=1S/C19H23/c1-14(2)17-11-8-12-18(13-17)19(15(3)4)16-9-6-5-7-10-16/h5-15,19H,3H2,1-2,4H3. The maximum atomic E-state index is 4.27. The lowest BCUT2D eigenvalue weighted by molar-refractivity contribution is 0.619. The van der Waals surface area contributed by atoms with E-state index in [4.69, 9.17) is 0 Å². The summed E-state index contributed by atoms with van der Waals surface area (Å²) in [7, 11) is 0. The largest absolute Gasteiger partial charge is 0.0622 e. The normalized spacial score (nSPS) is 12.9. The molecular weight excluding hydrogens is 228 g/mol. The Morgan fingerprint density at radius 3 is 1.89 bits per heavy atom. The highest BCUT2D eigenvalue weighted by Gasteiger charge is 2.18. The van der Waals surface area contributed by atoms with Gasteiger partial charge in [-0.1, -0.05) is 75.4 Å². The van der Waals surface area contributed by atoms with Crippen LogP contribution >= 0.6 is 0 Å². The Bertz CT molecular complexity index is 509. The van der Waals surface area contributed by atoms with E-state index in [1.54, 1.807) is 0 Å². The van der Waals surface area contributed by atoms with Crippen LogP contribution in [0, 0.1) is 12.8 Å². The molecule has 0 aliphatic rings. The highest BCUT2D eigenvalue weighted by molar-refractivity contribution is 5.36. The Morgan fingerprint density at radius 1 is 0.737 bits per heavy atom. The predicted molar refractivity (Wildman–Crippen MR) is 83.3 cm³/mol. The minimum Gasteiger partial charge on any atom is -0.0622 e. The fourth-order valence-electron chi connectivity index (χ4n) is 2.62. The number of rotatable bonds is 4. The summed E-state index contributed by atoms with van der Waals surface area (Å²) in [5.41, 5.74) is 4.13. The van der Waals surface area contributed by atoms with Crippen LogP contribution in [-0.4, -0.2) is 0 Å². The summed E-state index contributed by atoms with van der Waals surface area (Å²) in [5, 5.41) is 0. The predicted octanol–water partition coefficient (Wildman–Crippen LogP) is 5.41. The Hall–Kier alpha value is -1.56. The molecule has 0 aromatic heterocycles. The van der Waals surface area contributed by atoms with Crippen molar-refractivity contribution >= 4 is 0 Å². The second-order valence-electron chi connectivity index (χ2n) is 5.69. The molecule has 0 saturated heterocycles. The molecule has 0 heteroatoms. The van der Waals surface area contributed by atoms with Crippen LogP contribution in [0.15, 0.2) is 54.6 Å². The maximum absolute atomic E-state index is 4.27. The summed E-state index contributed by atoms with van der Waals surface area (Å²) >= 11 is 0. The zero-order chi connectivity index (χ0) is 13.8. The third-order valence-corrected chi connectivity index (χ3v) is 3.66. The van der Waals surface area contributed by atoms with Gasteiger partial charge in [0, 0.05) is 5.92 Å². The Morgan fingerprint density at radius 2 is 1.32 bits per heavy atom. The minimum atomic E-state index is 0.352. The van der Waals surface area contributed by atoms with E-state index in [1.807, 2.05) is 0 Å². The molecular formula is C19H23. The van der Waals surface area contributed by atoms with Crippen molar-refractivity contribution in [3.8, 4) is 0 Å². The molecule has 99 valence electrons. The molecule has 0 bridgehead atoms. The fraction of sp³-hybridized carbons (Fsp3) is 0.316. The van der Waals surface area contributed by atoms with Gasteiger partial charge in [0.1, 0.15) is 0 Å². The number of benzene rings is 2. The van der Waals surface area contributed by atoms with E-state index in [9.17, 15) is 0 Å². The highest BCUT2D eigenvalue weighted by Crippen LogP contribution is 2.32. The first kappa shape index (κ1) is 13.9. The van der Waals surface area contributed by atoms with Gasteiger partial charge in [0.25, 0.3) is 0 Å². The van der Waals surface area contributed by atoms with Gasteiger partial charge in [0.15, 0.2) is 0 Å². The maximum Gasteiger partial charge on any atom is 0.0115 e. The van der Waals surface area contributed by atoms with Gasteiger partial charge in [-0.05, 0) is 35.4 Å². The van der Waals surface area contributed by atoms with Gasteiger partial charge in [0.05, 0.1) is 0 Å². The Balaban J connectivity index is 2.43. The van der Waals surface area contributed by atoms with Gasteiger partial charge in [-0.2, -0.15) is 0 Å². The van der Waals surface area contributed by atoms with Crippen molar-refractivity contribution in [2.75, 3.05) is 0 Å². The van der Waals surface area contributed by atoms with Gasteiger partial charge in [0.2, 0.25) is 0 Å². The van der Waals surface area contributed by atoms with Crippen LogP contribution in [0.25, 0.3) is 0 Å². The molecule has 2 rings (SSSR count). The van der Waals surface area contributed by atoms with E-state index >= 15 is 0 Å². The lowest BCUT2D eigenvalue weighted by atomic mass is 9.81. The minimum absolute atomic E-state index is 0.352. The summed E-state index contributed by atoms with van der Waals surface area (Å²) in [4.78, 5) is 0. The van der Waals surface area contributed by atoms with Gasteiger partial charge < -0.3 is 0 Å². The SMILES string of the molecule is [CH2]C(C)C(c1ccccc1)c1cccc(C(C)C)c1. The van der Waals surface area contributed by atoms with Crippen LogP contribution in [-0.2, 0) is 0 Å². The van der Waals surface area contributed by atoms with Gasteiger partial charge in [-0.15, -0.1) is 0 Å². The zero-order valence-electron chi connectivity index (χ0n) is 12.1. The molecule has 0 aliphatic carbocycles. The van der Waals surface area contributed by atoms with Gasteiger partial charge >= 0.3 is 0 Å². The van der Waals surface area contributed by atoms with E-state index in [2.05, 4.69) is 82.3 Å². The van der Waals surface area contributed by atoms with Crippen molar-refractivity contribution in [3.05, 3.63) is 78.2 Å². The van der Waals surface area contributed by atoms with Crippen LogP contribution < -0.4 is 0 Å². The third kappa shape index (κ3) is 3.26. The molecule has 0 amide bonds. The zero-order valence-corrected chi connectivity index (χ0v) is 12.1. The summed E-state index contributed by atoms with van der Waals surface area (Å²) < 4.78 is 0. The van der Waals surface area contributed by atoms with Crippen molar-refractivity contribution in [1.29, 1.82) is 0 Å². The molecule has 0 nitrogen and oxygen atoms in total. The van der Waals surface area contributed by atoms with Crippen molar-refractivity contribution in [3.63, 3.8) is 0 Å². The summed E-state index contributed by atoms with van der Waals surface area (Å²) in [6.45, 7) is 10.9. The highest BCUT2D eigenvalue weighted by atomic mass is 14.2. The van der Waals surface area contributed by atoms with Gasteiger partial charge in [-0.3, -0.25) is 0 Å². The first-order valence-electron chi connectivity index (χ1n) is 7.07. The molecule has 0 spiro atoms. The molecule has 2 aromatic carbocycles. The quantitative estimate of drug-likeness (QED) is 0.681. The van der Waals surface area contributed by atoms with Crippen molar-refractivity contribution in [2.24, 2.45) is 5.92 Å². The second kappa shape index (κ2) is 6.06. The monoisotopic (exact) mass is 251 g/mol. The van der Waals surface area contributed by atoms with E-state index in [1.165, 1.54) is 16.7 Å². The summed E-state index contributed by atoms with van der Waals surface area (Å²) in [6, 6.07) is 19.6. The molecule has 1 radical (unpaired) electrons. The lowest BCUT2D eigenvalue weighted by Gasteiger charge is -2.23. The van der Waals surface area contributed by atoms with E-state index in [0.717, 1.165) is 0 Å². The molecule has 0 heterocycles. The van der Waals surface area contributed by atoms with Gasteiger partial charge in [-0.25, -0.2) is 0 Å². The first-order valence-corrected chi connectivity index (χ1v) is 7.07. The topological polar surface area (TPSA) is 0 Å². The molecule has 0 aliphatic heterocycles. The van der Waals surface area contributed by atoms with Crippen molar-refractivity contribution in [2.45, 2.75) is 32.6 Å². The summed E-state index contributed by atoms with van der Waals surface area (Å²) in [5.74, 6) is 1.29. The number of hydrogen-bond donors (Lipinski definition) is 0. The fourth-order valence-corrected chi connectivity index (χ4v) is 2.62. The van der Waals surface area contributed by atoms with E-state index < -0.39 is 0 Å². The van der Waals surface area contributed by atoms with Crippen LogP contribution in [0.3, 0.4) is 0 Å². The van der Waals surface area contributed by atoms with Crippen LogP contribution in [0.5, 0.6) is 0 Å². The van der Waals surface area contributed by atoms with Crippen LogP contribution in [0.4, 0.5) is 0 Å². The van der Waals surface area contributed by atoms with E-state index in [0.29, 0.717) is 17.8 Å². The molecule has 19 heavy (non-hydrogen) atoms. The lowest BCUT2D eigenvalue weighted by Crippen LogP contribution is -2.09. The Labute approximate surface area is 117 Å². The molecule has 2 aromatic rings. The third-order valence-electron chi connectivity index (χ3n) is 3.66. The second-order valence-corrected chi connectivity index (χ2v) is 5.69. The number of hydrogen-bond acceptors (Lipinski definition) is 0. The Kier molecular flexibility index (Phi) is 4.42. The van der Waals surface area contributed by atoms with E-state index in [-0.39, 0.29) is 0 Å². The van der Waals surface area contributed by atoms with Crippen LogP contribution in [0.2, 0.25) is 0 Å². The average Bonchev–Trinajstić information content (AvgIpc) is 2.40. The molecule has 2 unspecified atom stereocenters. The summed E-state index contributed by atoms with van der Waals surface area (Å²) in [6.07, 6.45) is 0. The molecule has 0 saturated carbocycles. The molecule has 0 fully saturated rings. The average molecular weight is 251 g/mol. The van der Waals surface area contributed by atoms with Crippen LogP contribution in [0.1, 0.15) is 49.3 Å².